The molecule has 10 nitrogen and oxygen atoms in total. The van der Waals surface area contributed by atoms with Crippen molar-refractivity contribution < 1.29 is 36.9 Å². The summed E-state index contributed by atoms with van der Waals surface area (Å²) in [6, 6.07) is 24.1. The number of fused-ring (bicyclic) bond motifs is 1. The molecule has 0 N–H and O–H groups in total. The average Bonchev–Trinajstić information content (AvgIpc) is 3.29. The van der Waals surface area contributed by atoms with Gasteiger partial charge in [-0.05, 0) is 78.4 Å². The normalized spacial score (nSPS) is 24.9. The second kappa shape index (κ2) is 13.5. The maximum Gasteiger partial charge on any atom is 0.321 e. The summed E-state index contributed by atoms with van der Waals surface area (Å²) in [7, 11) is -3.13. The third-order valence-electron chi connectivity index (χ3n) is 7.32. The average molecular weight is 723 g/mol. The van der Waals surface area contributed by atoms with Gasteiger partial charge in [-0.1, -0.05) is 48.5 Å². The van der Waals surface area contributed by atoms with Crippen molar-refractivity contribution in [3.63, 3.8) is 0 Å². The molecule has 2 heterocycles. The standard InChI is InChI=1S/C31H35IN2O8S/c1-31(2)41-29-26(20-39-24-13-6-4-7-14-24)33(18-22-11-10-12-23(32)17-22)43(36,37)34(19-28(35)38-3)27(30(29)42-31)21-40-25-15-8-5-9-16-25/h4-17,26-27,29-30H,18-21H2,1-3H3/t26-,27-,29+,30+/m1/s1. The predicted octanol–water partition coefficient (Wildman–Crippen LogP) is 4.24. The van der Waals surface area contributed by atoms with Crippen molar-refractivity contribution in [1.29, 1.82) is 0 Å². The Kier molecular flexibility index (Phi) is 9.93. The summed E-state index contributed by atoms with van der Waals surface area (Å²) in [6.07, 6.45) is -1.56. The van der Waals surface area contributed by atoms with Gasteiger partial charge in [0, 0.05) is 10.1 Å². The molecule has 230 valence electrons. The molecule has 0 radical (unpaired) electrons. The number of nitrogens with zero attached hydrogens (tertiary/aromatic N) is 2. The SMILES string of the molecule is COC(=O)CN1[C@H](COc2ccccc2)[C@@H]2OC(C)(C)O[C@H]2[C@@H](COc2ccccc2)N(Cc2cccc(I)c2)S1(=O)=O. The molecule has 2 aliphatic rings. The zero-order valence-electron chi connectivity index (χ0n) is 24.2. The third-order valence-corrected chi connectivity index (χ3v) is 9.98. The van der Waals surface area contributed by atoms with Gasteiger partial charge in [0.1, 0.15) is 43.5 Å². The van der Waals surface area contributed by atoms with Gasteiger partial charge >= 0.3 is 5.97 Å². The Morgan fingerprint density at radius 2 is 1.37 bits per heavy atom. The molecule has 2 aliphatic heterocycles. The molecule has 0 aliphatic carbocycles. The molecule has 2 saturated heterocycles. The van der Waals surface area contributed by atoms with Crippen LogP contribution in [0.4, 0.5) is 0 Å². The number of rotatable bonds is 10. The van der Waals surface area contributed by atoms with Crippen LogP contribution in [0.25, 0.3) is 0 Å². The summed E-state index contributed by atoms with van der Waals surface area (Å²) >= 11 is 2.19. The number of methoxy groups -OCH3 is 1. The van der Waals surface area contributed by atoms with Crippen LogP contribution in [0.3, 0.4) is 0 Å². The van der Waals surface area contributed by atoms with Crippen LogP contribution in [0.1, 0.15) is 19.4 Å². The maximum absolute atomic E-state index is 14.7. The van der Waals surface area contributed by atoms with Gasteiger partial charge in [0.05, 0.1) is 19.2 Å². The second-order valence-corrected chi connectivity index (χ2v) is 13.8. The smallest absolute Gasteiger partial charge is 0.321 e. The van der Waals surface area contributed by atoms with Gasteiger partial charge < -0.3 is 23.7 Å². The van der Waals surface area contributed by atoms with E-state index in [0.717, 1.165) is 13.4 Å². The molecule has 3 aromatic carbocycles. The first-order valence-electron chi connectivity index (χ1n) is 13.9. The van der Waals surface area contributed by atoms with Gasteiger partial charge in [-0.15, -0.1) is 0 Å². The van der Waals surface area contributed by atoms with Crippen molar-refractivity contribution in [1.82, 2.24) is 8.61 Å². The van der Waals surface area contributed by atoms with Crippen molar-refractivity contribution in [2.24, 2.45) is 0 Å². The van der Waals surface area contributed by atoms with Crippen molar-refractivity contribution in [3.05, 3.63) is 94.1 Å². The Labute approximate surface area is 266 Å². The zero-order chi connectivity index (χ0) is 30.6. The van der Waals surface area contributed by atoms with E-state index in [4.69, 9.17) is 23.7 Å². The van der Waals surface area contributed by atoms with Gasteiger partial charge in [0.15, 0.2) is 5.79 Å². The van der Waals surface area contributed by atoms with Crippen molar-refractivity contribution in [2.45, 2.75) is 50.5 Å². The van der Waals surface area contributed by atoms with Gasteiger partial charge in [-0.2, -0.15) is 17.0 Å². The minimum Gasteiger partial charge on any atom is -0.492 e. The molecule has 43 heavy (non-hydrogen) atoms. The molecule has 5 rings (SSSR count). The first-order valence-corrected chi connectivity index (χ1v) is 16.4. The van der Waals surface area contributed by atoms with Crippen LogP contribution in [0.15, 0.2) is 84.9 Å². The molecule has 0 unspecified atom stereocenters. The van der Waals surface area contributed by atoms with Gasteiger partial charge in [0.25, 0.3) is 10.2 Å². The van der Waals surface area contributed by atoms with Crippen LogP contribution in [-0.2, 0) is 35.8 Å². The Bertz CT molecular complexity index is 1490. The molecule has 0 spiro atoms. The summed E-state index contributed by atoms with van der Waals surface area (Å²) in [6.45, 7) is 2.93. The van der Waals surface area contributed by atoms with E-state index in [0.29, 0.717) is 11.5 Å². The van der Waals surface area contributed by atoms with E-state index in [2.05, 4.69) is 22.6 Å². The monoisotopic (exact) mass is 722 g/mol. The van der Waals surface area contributed by atoms with Crippen LogP contribution in [-0.4, -0.2) is 79.9 Å². The summed E-state index contributed by atoms with van der Waals surface area (Å²) < 4.78 is 63.0. The van der Waals surface area contributed by atoms with Crippen LogP contribution in [0.2, 0.25) is 0 Å². The summed E-state index contributed by atoms with van der Waals surface area (Å²) in [5.41, 5.74) is 0.770. The van der Waals surface area contributed by atoms with Crippen molar-refractivity contribution >= 4 is 38.8 Å². The lowest BCUT2D eigenvalue weighted by atomic mass is 9.99. The van der Waals surface area contributed by atoms with E-state index in [1.807, 2.05) is 72.8 Å². The zero-order valence-corrected chi connectivity index (χ0v) is 27.1. The summed E-state index contributed by atoms with van der Waals surface area (Å²) in [4.78, 5) is 12.7. The number of esters is 1. The number of benzene rings is 3. The molecule has 0 amide bonds. The minimum atomic E-state index is -4.36. The quantitative estimate of drug-likeness (QED) is 0.226. The second-order valence-electron chi connectivity index (χ2n) is 10.8. The minimum absolute atomic E-state index is 0.0128. The van der Waals surface area contributed by atoms with Gasteiger partial charge in [-0.3, -0.25) is 4.79 Å². The van der Waals surface area contributed by atoms with Crippen LogP contribution in [0.5, 0.6) is 11.5 Å². The molecule has 0 bridgehead atoms. The molecule has 2 fully saturated rings. The largest absolute Gasteiger partial charge is 0.492 e. The fourth-order valence-electron chi connectivity index (χ4n) is 5.37. The first-order chi connectivity index (χ1) is 20.6. The highest BCUT2D eigenvalue weighted by atomic mass is 127. The van der Waals surface area contributed by atoms with Crippen molar-refractivity contribution in [3.8, 4) is 11.5 Å². The third kappa shape index (κ3) is 7.49. The maximum atomic E-state index is 14.7. The molecule has 3 aromatic rings. The molecular formula is C31H35IN2O8S. The number of halogens is 1. The molecule has 0 aromatic heterocycles. The first kappa shape index (κ1) is 31.7. The fourth-order valence-corrected chi connectivity index (χ4v) is 7.88. The number of carbonyl (C=O) groups excluding carboxylic acids is 1. The highest BCUT2D eigenvalue weighted by Crippen LogP contribution is 2.40. The highest BCUT2D eigenvalue weighted by Gasteiger charge is 2.59. The molecular weight excluding hydrogens is 687 g/mol. The lowest BCUT2D eigenvalue weighted by molar-refractivity contribution is -0.157. The fraction of sp³-hybridized carbons (Fsp3) is 0.387. The number of para-hydroxylation sites is 2. The molecule has 0 saturated carbocycles. The van der Waals surface area contributed by atoms with E-state index in [-0.39, 0.29) is 19.8 Å². The Balaban J connectivity index is 1.61. The number of ether oxygens (including phenoxy) is 5. The Morgan fingerprint density at radius 1 is 0.837 bits per heavy atom. The van der Waals surface area contributed by atoms with E-state index in [1.54, 1.807) is 26.0 Å². The molecule has 12 heteroatoms. The lowest BCUT2D eigenvalue weighted by Crippen LogP contribution is -2.55. The van der Waals surface area contributed by atoms with Crippen LogP contribution in [0, 0.1) is 3.57 Å². The van der Waals surface area contributed by atoms with Crippen LogP contribution >= 0.6 is 22.6 Å². The summed E-state index contributed by atoms with van der Waals surface area (Å²) in [5.74, 6) is -0.617. The van der Waals surface area contributed by atoms with E-state index >= 15 is 0 Å². The lowest BCUT2D eigenvalue weighted by Gasteiger charge is -2.35. The number of hydrogen-bond acceptors (Lipinski definition) is 8. The highest BCUT2D eigenvalue weighted by molar-refractivity contribution is 14.1. The van der Waals surface area contributed by atoms with Gasteiger partial charge in [-0.25, -0.2) is 0 Å². The van der Waals surface area contributed by atoms with Gasteiger partial charge in [0.2, 0.25) is 0 Å². The topological polar surface area (TPSA) is 104 Å². The predicted molar refractivity (Wildman–Crippen MR) is 168 cm³/mol. The number of carbonyl (C=O) groups is 1. The van der Waals surface area contributed by atoms with E-state index in [1.165, 1.54) is 11.4 Å². The van der Waals surface area contributed by atoms with Crippen LogP contribution < -0.4 is 9.47 Å². The van der Waals surface area contributed by atoms with E-state index < -0.39 is 52.8 Å². The van der Waals surface area contributed by atoms with Crippen molar-refractivity contribution in [2.75, 3.05) is 26.9 Å². The Morgan fingerprint density at radius 3 is 1.88 bits per heavy atom. The molecule has 4 atom stereocenters. The summed E-state index contributed by atoms with van der Waals surface area (Å²) in [5, 5.41) is 0. The van der Waals surface area contributed by atoms with E-state index in [9.17, 15) is 13.2 Å². The number of hydrogen-bond donors (Lipinski definition) is 0. The Hall–Kier alpha value is -2.75.